The number of aliphatic carboxylic acids is 1. The topological polar surface area (TPSA) is 79.5 Å². The van der Waals surface area contributed by atoms with Crippen LogP contribution in [0.3, 0.4) is 0 Å². The van der Waals surface area contributed by atoms with Crippen molar-refractivity contribution in [2.75, 3.05) is 7.05 Å². The number of hydrogen-bond acceptors (Lipinski definition) is 5. The lowest BCUT2D eigenvalue weighted by atomic mass is 9.97. The van der Waals surface area contributed by atoms with Crippen molar-refractivity contribution in [1.82, 2.24) is 15.0 Å². The van der Waals surface area contributed by atoms with E-state index in [0.717, 1.165) is 0 Å². The third-order valence-corrected chi connectivity index (χ3v) is 2.52. The minimum atomic E-state index is -0.868. The highest BCUT2D eigenvalue weighted by atomic mass is 35.5. The number of likely N-dealkylation sites (N-methyl/N-ethyl adjacent to an activating group) is 1. The molecule has 1 aromatic rings. The van der Waals surface area contributed by atoms with Gasteiger partial charge in [0.05, 0.1) is 6.54 Å². The largest absolute Gasteiger partial charge is 0.480 e. The zero-order chi connectivity index (χ0) is 13.2. The lowest BCUT2D eigenvalue weighted by Gasteiger charge is -2.18. The fourth-order valence-corrected chi connectivity index (χ4v) is 1.17. The normalized spacial score (nSPS) is 13.2. The Bertz CT molecular complexity index is 400. The maximum Gasteiger partial charge on any atom is 0.320 e. The molecule has 7 heteroatoms. The van der Waals surface area contributed by atoms with Crippen molar-refractivity contribution < 1.29 is 14.4 Å². The molecule has 1 atom stereocenters. The Morgan fingerprint density at radius 3 is 2.44 bits per heavy atom. The monoisotopic (exact) mass is 277 g/mol. The Hall–Kier alpha value is -1.14. The van der Waals surface area contributed by atoms with E-state index in [1.54, 1.807) is 18.9 Å². The van der Waals surface area contributed by atoms with Gasteiger partial charge >= 0.3 is 5.97 Å². The van der Waals surface area contributed by atoms with E-state index in [9.17, 15) is 4.79 Å². The molecule has 104 valence electrons. The first-order valence-corrected chi connectivity index (χ1v) is 5.48. The van der Waals surface area contributed by atoms with Crippen LogP contribution in [0.15, 0.2) is 4.52 Å². The molecule has 1 heterocycles. The molecule has 1 N–H and O–H groups in total. The minimum absolute atomic E-state index is 0. The standard InChI is InChI=1S/C11H19N3O3.ClH/c1-7(9(15)16)14(5)6-8-12-10(17-13-8)11(2,3)4;/h7H,6H2,1-5H3,(H,15,16);1H. The lowest BCUT2D eigenvalue weighted by Crippen LogP contribution is -2.35. The maximum absolute atomic E-state index is 10.8. The van der Waals surface area contributed by atoms with Gasteiger partial charge in [0, 0.05) is 5.41 Å². The molecule has 1 aromatic heterocycles. The molecule has 0 aliphatic rings. The van der Waals surface area contributed by atoms with Gasteiger partial charge in [-0.1, -0.05) is 25.9 Å². The van der Waals surface area contributed by atoms with Crippen molar-refractivity contribution >= 4 is 18.4 Å². The first kappa shape index (κ1) is 16.9. The number of hydrogen-bond donors (Lipinski definition) is 1. The summed E-state index contributed by atoms with van der Waals surface area (Å²) in [6, 6.07) is -0.577. The number of rotatable bonds is 4. The number of carboxylic acid groups (broad SMARTS) is 1. The summed E-state index contributed by atoms with van der Waals surface area (Å²) in [7, 11) is 1.71. The average molecular weight is 278 g/mol. The molecule has 0 aliphatic carbocycles. The van der Waals surface area contributed by atoms with Crippen LogP contribution in [-0.2, 0) is 16.8 Å². The summed E-state index contributed by atoms with van der Waals surface area (Å²) in [5.41, 5.74) is -0.192. The van der Waals surface area contributed by atoms with E-state index in [4.69, 9.17) is 9.63 Å². The molecule has 0 aromatic carbocycles. The highest BCUT2D eigenvalue weighted by Gasteiger charge is 2.23. The Labute approximate surface area is 113 Å². The third-order valence-electron chi connectivity index (χ3n) is 2.52. The zero-order valence-electron chi connectivity index (χ0n) is 11.3. The Morgan fingerprint density at radius 2 is 2.06 bits per heavy atom. The molecule has 18 heavy (non-hydrogen) atoms. The second kappa shape index (κ2) is 6.15. The van der Waals surface area contributed by atoms with Gasteiger partial charge < -0.3 is 9.63 Å². The van der Waals surface area contributed by atoms with Crippen molar-refractivity contribution in [3.63, 3.8) is 0 Å². The summed E-state index contributed by atoms with van der Waals surface area (Å²) in [6.45, 7) is 7.91. The molecule has 0 aliphatic heterocycles. The van der Waals surface area contributed by atoms with E-state index in [0.29, 0.717) is 18.3 Å². The first-order chi connectivity index (χ1) is 7.71. The van der Waals surface area contributed by atoms with Crippen LogP contribution in [0.1, 0.15) is 39.4 Å². The summed E-state index contributed by atoms with van der Waals surface area (Å²) >= 11 is 0. The van der Waals surface area contributed by atoms with Crippen LogP contribution >= 0.6 is 12.4 Å². The molecule has 0 amide bonds. The van der Waals surface area contributed by atoms with Gasteiger partial charge in [-0.15, -0.1) is 12.4 Å². The lowest BCUT2D eigenvalue weighted by molar-refractivity contribution is -0.142. The van der Waals surface area contributed by atoms with Crippen molar-refractivity contribution in [1.29, 1.82) is 0 Å². The Morgan fingerprint density at radius 1 is 1.50 bits per heavy atom. The van der Waals surface area contributed by atoms with Gasteiger partial charge in [0.1, 0.15) is 6.04 Å². The molecular weight excluding hydrogens is 258 g/mol. The summed E-state index contributed by atoms with van der Waals surface area (Å²) in [5, 5.41) is 12.7. The number of carbonyl (C=O) groups is 1. The van der Waals surface area contributed by atoms with Crippen molar-refractivity contribution in [2.45, 2.75) is 45.7 Å². The summed E-state index contributed by atoms with van der Waals surface area (Å²) in [6.07, 6.45) is 0. The van der Waals surface area contributed by atoms with Crippen LogP contribution in [0.5, 0.6) is 0 Å². The summed E-state index contributed by atoms with van der Waals surface area (Å²) in [4.78, 5) is 16.7. The summed E-state index contributed by atoms with van der Waals surface area (Å²) < 4.78 is 5.13. The predicted octanol–water partition coefficient (Wildman–Crippen LogP) is 1.69. The van der Waals surface area contributed by atoms with E-state index in [1.165, 1.54) is 0 Å². The van der Waals surface area contributed by atoms with Gasteiger partial charge in [0.25, 0.3) is 0 Å². The van der Waals surface area contributed by atoms with Crippen molar-refractivity contribution in [3.8, 4) is 0 Å². The van der Waals surface area contributed by atoms with Crippen LogP contribution in [0.25, 0.3) is 0 Å². The van der Waals surface area contributed by atoms with E-state index >= 15 is 0 Å². The minimum Gasteiger partial charge on any atom is -0.480 e. The van der Waals surface area contributed by atoms with Crippen LogP contribution in [0.4, 0.5) is 0 Å². The van der Waals surface area contributed by atoms with Crippen molar-refractivity contribution in [3.05, 3.63) is 11.7 Å². The van der Waals surface area contributed by atoms with Gasteiger partial charge in [-0.25, -0.2) is 0 Å². The van der Waals surface area contributed by atoms with Gasteiger partial charge in [0.2, 0.25) is 5.89 Å². The highest BCUT2D eigenvalue weighted by Crippen LogP contribution is 2.20. The average Bonchev–Trinajstić information content (AvgIpc) is 2.64. The quantitative estimate of drug-likeness (QED) is 0.902. The highest BCUT2D eigenvalue weighted by molar-refractivity contribution is 5.85. The van der Waals surface area contributed by atoms with Gasteiger partial charge in [-0.3, -0.25) is 9.69 Å². The first-order valence-electron chi connectivity index (χ1n) is 5.48. The number of aromatic nitrogens is 2. The van der Waals surface area contributed by atoms with E-state index in [-0.39, 0.29) is 17.8 Å². The molecule has 6 nitrogen and oxygen atoms in total. The van der Waals surface area contributed by atoms with Gasteiger partial charge in [-0.2, -0.15) is 4.98 Å². The number of halogens is 1. The predicted molar refractivity (Wildman–Crippen MR) is 68.8 cm³/mol. The van der Waals surface area contributed by atoms with Crippen LogP contribution < -0.4 is 0 Å². The molecule has 0 spiro atoms. The van der Waals surface area contributed by atoms with Crippen LogP contribution in [0, 0.1) is 0 Å². The Kier molecular flexibility index (Phi) is 5.76. The van der Waals surface area contributed by atoms with Gasteiger partial charge in [0.15, 0.2) is 5.82 Å². The molecule has 0 radical (unpaired) electrons. The smallest absolute Gasteiger partial charge is 0.320 e. The molecule has 0 saturated carbocycles. The molecule has 1 unspecified atom stereocenters. The van der Waals surface area contributed by atoms with Gasteiger partial charge in [-0.05, 0) is 14.0 Å². The molecule has 0 bridgehead atoms. The summed E-state index contributed by atoms with van der Waals surface area (Å²) in [5.74, 6) is 0.196. The van der Waals surface area contributed by atoms with Crippen LogP contribution in [-0.4, -0.2) is 39.2 Å². The molecule has 0 saturated heterocycles. The maximum atomic E-state index is 10.8. The fourth-order valence-electron chi connectivity index (χ4n) is 1.17. The van der Waals surface area contributed by atoms with E-state index < -0.39 is 12.0 Å². The molecule has 1 rings (SSSR count). The number of nitrogens with zero attached hydrogens (tertiary/aromatic N) is 3. The zero-order valence-corrected chi connectivity index (χ0v) is 12.1. The van der Waals surface area contributed by atoms with E-state index in [2.05, 4.69) is 10.1 Å². The van der Waals surface area contributed by atoms with Crippen molar-refractivity contribution in [2.24, 2.45) is 0 Å². The Balaban J connectivity index is 0.00000289. The number of carboxylic acids is 1. The SMILES string of the molecule is CC(C(=O)O)N(C)Cc1noc(C(C)(C)C)n1.Cl. The fraction of sp³-hybridized carbons (Fsp3) is 0.727. The second-order valence-electron chi connectivity index (χ2n) is 5.20. The van der Waals surface area contributed by atoms with E-state index in [1.807, 2.05) is 20.8 Å². The molecule has 0 fully saturated rings. The second-order valence-corrected chi connectivity index (χ2v) is 5.20. The van der Waals surface area contributed by atoms with Crippen LogP contribution in [0.2, 0.25) is 0 Å². The third kappa shape index (κ3) is 4.27. The molecular formula is C11H20ClN3O3.